The van der Waals surface area contributed by atoms with E-state index < -0.39 is 27.4 Å². The van der Waals surface area contributed by atoms with E-state index in [4.69, 9.17) is 0 Å². The molecule has 0 unspecified atom stereocenters. The van der Waals surface area contributed by atoms with Gasteiger partial charge in [-0.3, -0.25) is 19.1 Å². The molecule has 1 fully saturated rings. The summed E-state index contributed by atoms with van der Waals surface area (Å²) in [6.45, 7) is 0. The molecule has 1 aromatic rings. The first-order valence-corrected chi connectivity index (χ1v) is 7.56. The molecule has 1 heterocycles. The second-order valence-corrected chi connectivity index (χ2v) is 6.21. The van der Waals surface area contributed by atoms with Gasteiger partial charge in [0.2, 0.25) is 0 Å². The average molecular weight is 300 g/mol. The first kappa shape index (κ1) is 14.6. The van der Waals surface area contributed by atoms with Crippen molar-refractivity contribution in [2.75, 3.05) is 11.5 Å². The van der Waals surface area contributed by atoms with Crippen molar-refractivity contribution in [1.82, 2.24) is 5.32 Å². The maximum atomic E-state index is 13.6. The lowest BCUT2D eigenvalue weighted by Gasteiger charge is -2.22. The number of hydrogen-bond donors (Lipinski definition) is 1. The molecule has 0 saturated carbocycles. The van der Waals surface area contributed by atoms with Gasteiger partial charge in [0.15, 0.2) is 0 Å². The molecule has 6 nitrogen and oxygen atoms in total. The van der Waals surface area contributed by atoms with Crippen molar-refractivity contribution in [3.8, 4) is 0 Å². The molecule has 1 aliphatic rings. The number of halogens is 1. The first-order valence-electron chi connectivity index (χ1n) is 6.07. The maximum Gasteiger partial charge on any atom is 0.270 e. The van der Waals surface area contributed by atoms with Gasteiger partial charge in [-0.15, -0.1) is 0 Å². The molecule has 20 heavy (non-hydrogen) atoms. The third-order valence-electron chi connectivity index (χ3n) is 3.13. The van der Waals surface area contributed by atoms with Gasteiger partial charge in [0.1, 0.15) is 5.82 Å². The minimum absolute atomic E-state index is 0.168. The number of non-ortho nitro benzene ring substituents is 1. The summed E-state index contributed by atoms with van der Waals surface area (Å²) in [5.74, 6) is -0.471. The van der Waals surface area contributed by atoms with E-state index in [-0.39, 0.29) is 17.3 Å². The molecule has 1 amide bonds. The minimum atomic E-state index is -0.849. The van der Waals surface area contributed by atoms with Crippen LogP contribution in [0.5, 0.6) is 0 Å². The molecule has 1 aliphatic heterocycles. The van der Waals surface area contributed by atoms with Gasteiger partial charge in [-0.2, -0.15) is 0 Å². The van der Waals surface area contributed by atoms with Crippen LogP contribution in [-0.2, 0) is 10.8 Å². The predicted molar refractivity (Wildman–Crippen MR) is 71.4 cm³/mol. The number of carbonyl (C=O) groups is 1. The second-order valence-electron chi connectivity index (χ2n) is 4.52. The van der Waals surface area contributed by atoms with Gasteiger partial charge in [0.25, 0.3) is 11.6 Å². The fourth-order valence-corrected chi connectivity index (χ4v) is 3.30. The molecule has 2 rings (SSSR count). The van der Waals surface area contributed by atoms with Gasteiger partial charge in [-0.05, 0) is 18.9 Å². The van der Waals surface area contributed by atoms with Crippen molar-refractivity contribution in [3.63, 3.8) is 0 Å². The average Bonchev–Trinajstić information content (AvgIpc) is 2.41. The number of hydrogen-bond acceptors (Lipinski definition) is 4. The zero-order valence-electron chi connectivity index (χ0n) is 10.5. The molecule has 0 radical (unpaired) electrons. The lowest BCUT2D eigenvalue weighted by atomic mass is 10.1. The lowest BCUT2D eigenvalue weighted by Crippen LogP contribution is -2.39. The molecule has 108 valence electrons. The summed E-state index contributed by atoms with van der Waals surface area (Å²) < 4.78 is 24.8. The summed E-state index contributed by atoms with van der Waals surface area (Å²) in [6.07, 6.45) is 1.13. The zero-order valence-corrected chi connectivity index (χ0v) is 11.3. The third kappa shape index (κ3) is 3.38. The first-order chi connectivity index (χ1) is 9.47. The quantitative estimate of drug-likeness (QED) is 0.674. The molecule has 0 atom stereocenters. The Hall–Kier alpha value is -1.83. The van der Waals surface area contributed by atoms with Crippen LogP contribution in [0.25, 0.3) is 0 Å². The number of rotatable bonds is 3. The summed E-state index contributed by atoms with van der Waals surface area (Å²) in [6, 6.07) is 2.67. The minimum Gasteiger partial charge on any atom is -0.349 e. The standard InChI is InChI=1S/C12H13FN2O4S/c13-11-2-1-9(15(17)18)7-10(11)12(16)14-8-3-5-20(19)6-4-8/h1-2,7-8H,3-6H2,(H,14,16). The summed E-state index contributed by atoms with van der Waals surface area (Å²) in [5.41, 5.74) is -0.674. The highest BCUT2D eigenvalue weighted by Crippen LogP contribution is 2.18. The van der Waals surface area contributed by atoms with Crippen molar-refractivity contribution in [1.29, 1.82) is 0 Å². The molecule has 0 bridgehead atoms. The van der Waals surface area contributed by atoms with Crippen molar-refractivity contribution < 1.29 is 18.3 Å². The predicted octanol–water partition coefficient (Wildman–Crippen LogP) is 1.37. The highest BCUT2D eigenvalue weighted by atomic mass is 32.2. The highest BCUT2D eigenvalue weighted by Gasteiger charge is 2.22. The topological polar surface area (TPSA) is 89.3 Å². The Labute approximate surface area is 117 Å². The molecule has 0 aliphatic carbocycles. The SMILES string of the molecule is O=C(NC1CCS(=O)CC1)c1cc([N+](=O)[O-])ccc1F. The zero-order chi connectivity index (χ0) is 14.7. The van der Waals surface area contributed by atoms with Crippen LogP contribution in [0.2, 0.25) is 0 Å². The molecule has 0 spiro atoms. The van der Waals surface area contributed by atoms with Crippen molar-refractivity contribution in [2.24, 2.45) is 0 Å². The molecule has 0 aromatic heterocycles. The maximum absolute atomic E-state index is 13.6. The molecule has 1 N–H and O–H groups in total. The van der Waals surface area contributed by atoms with Crippen LogP contribution in [-0.4, -0.2) is 32.6 Å². The van der Waals surface area contributed by atoms with Crippen LogP contribution in [0.15, 0.2) is 18.2 Å². The number of amides is 1. The molecular formula is C12H13FN2O4S. The number of nitrogens with one attached hydrogen (secondary N) is 1. The van der Waals surface area contributed by atoms with Crippen molar-refractivity contribution in [2.45, 2.75) is 18.9 Å². The Kier molecular flexibility index (Phi) is 4.43. The fraction of sp³-hybridized carbons (Fsp3) is 0.417. The highest BCUT2D eigenvalue weighted by molar-refractivity contribution is 7.85. The Morgan fingerprint density at radius 3 is 2.65 bits per heavy atom. The summed E-state index contributed by atoms with van der Waals surface area (Å²) in [4.78, 5) is 21.9. The van der Waals surface area contributed by atoms with Crippen LogP contribution in [0, 0.1) is 15.9 Å². The van der Waals surface area contributed by atoms with Gasteiger partial charge >= 0.3 is 0 Å². The van der Waals surface area contributed by atoms with Crippen LogP contribution in [0.3, 0.4) is 0 Å². The smallest absolute Gasteiger partial charge is 0.270 e. The van der Waals surface area contributed by atoms with Gasteiger partial charge in [-0.25, -0.2) is 4.39 Å². The van der Waals surface area contributed by atoms with Gasteiger partial charge in [0.05, 0.1) is 10.5 Å². The molecule has 8 heteroatoms. The van der Waals surface area contributed by atoms with E-state index >= 15 is 0 Å². The Balaban J connectivity index is 2.10. The normalized spacial score (nSPS) is 22.2. The Morgan fingerprint density at radius 2 is 2.05 bits per heavy atom. The van der Waals surface area contributed by atoms with Crippen LogP contribution < -0.4 is 5.32 Å². The van der Waals surface area contributed by atoms with E-state index in [2.05, 4.69) is 5.32 Å². The summed E-state index contributed by atoms with van der Waals surface area (Å²) >= 11 is 0. The molecule has 1 aromatic carbocycles. The van der Waals surface area contributed by atoms with E-state index in [1.165, 1.54) is 0 Å². The number of carbonyl (C=O) groups excluding carboxylic acids is 1. The van der Waals surface area contributed by atoms with Gasteiger partial charge < -0.3 is 5.32 Å². The van der Waals surface area contributed by atoms with Gasteiger partial charge in [-0.1, -0.05) is 0 Å². The number of nitro groups is 1. The number of benzene rings is 1. The largest absolute Gasteiger partial charge is 0.349 e. The number of nitrogens with zero attached hydrogens (tertiary/aromatic N) is 1. The van der Waals surface area contributed by atoms with E-state index in [1.54, 1.807) is 0 Å². The van der Waals surface area contributed by atoms with Crippen LogP contribution in [0.1, 0.15) is 23.2 Å². The van der Waals surface area contributed by atoms with Crippen molar-refractivity contribution >= 4 is 22.4 Å². The summed E-state index contributed by atoms with van der Waals surface area (Å²) in [5, 5.41) is 13.3. The van der Waals surface area contributed by atoms with E-state index in [1.807, 2.05) is 0 Å². The molecule has 1 saturated heterocycles. The van der Waals surface area contributed by atoms with E-state index in [0.29, 0.717) is 24.3 Å². The lowest BCUT2D eigenvalue weighted by molar-refractivity contribution is -0.384. The van der Waals surface area contributed by atoms with Crippen molar-refractivity contribution in [3.05, 3.63) is 39.7 Å². The van der Waals surface area contributed by atoms with Crippen LogP contribution >= 0.6 is 0 Å². The molecular weight excluding hydrogens is 287 g/mol. The number of nitro benzene ring substituents is 1. The van der Waals surface area contributed by atoms with Gasteiger partial charge in [0, 0.05) is 40.5 Å². The fourth-order valence-electron chi connectivity index (χ4n) is 2.00. The third-order valence-corrected chi connectivity index (χ3v) is 4.51. The van der Waals surface area contributed by atoms with Crippen LogP contribution in [0.4, 0.5) is 10.1 Å². The Morgan fingerprint density at radius 1 is 1.40 bits per heavy atom. The Bertz CT molecular complexity index is 569. The van der Waals surface area contributed by atoms with E-state index in [0.717, 1.165) is 18.2 Å². The monoisotopic (exact) mass is 300 g/mol. The second kappa shape index (κ2) is 6.08. The van der Waals surface area contributed by atoms with E-state index in [9.17, 15) is 23.5 Å². The summed E-state index contributed by atoms with van der Waals surface area (Å²) in [7, 11) is -0.849.